The number of phenols is 1. The van der Waals surface area contributed by atoms with Crippen molar-refractivity contribution >= 4 is 5.69 Å². The van der Waals surface area contributed by atoms with Gasteiger partial charge in [0.2, 0.25) is 0 Å². The molecule has 0 unspecified atom stereocenters. The second kappa shape index (κ2) is 3.89. The number of hydrogen-bond acceptors (Lipinski definition) is 3. The van der Waals surface area contributed by atoms with Gasteiger partial charge in [0.25, 0.3) is 0 Å². The number of anilines is 1. The normalized spacial score (nSPS) is 10.9. The van der Waals surface area contributed by atoms with E-state index in [1.54, 1.807) is 18.3 Å². The summed E-state index contributed by atoms with van der Waals surface area (Å²) in [4.78, 5) is 7.51. The molecule has 0 fully saturated rings. The van der Waals surface area contributed by atoms with Gasteiger partial charge in [-0.3, -0.25) is 0 Å². The van der Waals surface area contributed by atoms with Crippen molar-refractivity contribution in [1.82, 2.24) is 9.97 Å². The van der Waals surface area contributed by atoms with Gasteiger partial charge in [0.1, 0.15) is 11.6 Å². The van der Waals surface area contributed by atoms with Crippen molar-refractivity contribution in [3.05, 3.63) is 30.2 Å². The van der Waals surface area contributed by atoms with Gasteiger partial charge in [0.15, 0.2) is 0 Å². The van der Waals surface area contributed by atoms with Crippen LogP contribution in [0.3, 0.4) is 0 Å². The molecule has 1 heterocycles. The fourth-order valence-corrected chi connectivity index (χ4v) is 1.50. The molecule has 1 aromatic carbocycles. The van der Waals surface area contributed by atoms with Gasteiger partial charge in [-0.25, -0.2) is 4.98 Å². The Morgan fingerprint density at radius 3 is 2.69 bits per heavy atom. The number of benzene rings is 1. The Balaban J connectivity index is 2.39. The summed E-state index contributed by atoms with van der Waals surface area (Å²) in [5, 5.41) is 9.33. The van der Waals surface area contributed by atoms with E-state index in [2.05, 4.69) is 23.8 Å². The lowest BCUT2D eigenvalue weighted by Crippen LogP contribution is -1.90. The molecule has 4 heteroatoms. The molecule has 1 aromatic heterocycles. The number of nitrogens with zero attached hydrogens (tertiary/aromatic N) is 1. The lowest BCUT2D eigenvalue weighted by molar-refractivity contribution is 0.478. The van der Waals surface area contributed by atoms with Crippen LogP contribution >= 0.6 is 0 Å². The van der Waals surface area contributed by atoms with Gasteiger partial charge in [0.05, 0.1) is 17.6 Å². The number of nitrogens with two attached hydrogens (primary N) is 1. The predicted octanol–water partition coefficient (Wildman–Crippen LogP) is 2.49. The Morgan fingerprint density at radius 1 is 1.38 bits per heavy atom. The zero-order valence-corrected chi connectivity index (χ0v) is 9.36. The number of imidazole rings is 1. The molecule has 16 heavy (non-hydrogen) atoms. The molecule has 0 bridgehead atoms. The first kappa shape index (κ1) is 10.5. The van der Waals surface area contributed by atoms with E-state index in [1.807, 2.05) is 6.07 Å². The standard InChI is InChI=1S/C12H15N3O/c1-7(2)12-14-6-10(15-12)8-3-4-11(16)9(13)5-8/h3-7,16H,13H2,1-2H3,(H,14,15). The summed E-state index contributed by atoms with van der Waals surface area (Å²) in [6.07, 6.45) is 1.78. The third kappa shape index (κ3) is 1.86. The van der Waals surface area contributed by atoms with Crippen LogP contribution in [-0.4, -0.2) is 15.1 Å². The Morgan fingerprint density at radius 2 is 2.12 bits per heavy atom. The summed E-state index contributed by atoms with van der Waals surface area (Å²) in [7, 11) is 0. The Hall–Kier alpha value is -1.97. The minimum atomic E-state index is 0.104. The van der Waals surface area contributed by atoms with Gasteiger partial charge in [-0.2, -0.15) is 0 Å². The number of nitrogen functional groups attached to an aromatic ring is 1. The van der Waals surface area contributed by atoms with E-state index in [-0.39, 0.29) is 5.75 Å². The highest BCUT2D eigenvalue weighted by Crippen LogP contribution is 2.27. The van der Waals surface area contributed by atoms with Crippen LogP contribution in [0, 0.1) is 0 Å². The summed E-state index contributed by atoms with van der Waals surface area (Å²) in [5.74, 6) is 1.41. The number of nitrogens with one attached hydrogen (secondary N) is 1. The average molecular weight is 217 g/mol. The number of aromatic nitrogens is 2. The van der Waals surface area contributed by atoms with E-state index < -0.39 is 0 Å². The van der Waals surface area contributed by atoms with E-state index in [0.29, 0.717) is 11.6 Å². The monoisotopic (exact) mass is 217 g/mol. The summed E-state index contributed by atoms with van der Waals surface area (Å²) < 4.78 is 0. The van der Waals surface area contributed by atoms with Crippen LogP contribution in [0.25, 0.3) is 11.3 Å². The molecule has 0 aliphatic carbocycles. The molecule has 0 saturated carbocycles. The van der Waals surface area contributed by atoms with Gasteiger partial charge in [0, 0.05) is 11.5 Å². The Kier molecular flexibility index (Phi) is 2.56. The predicted molar refractivity (Wildman–Crippen MR) is 64.2 cm³/mol. The second-order valence-corrected chi connectivity index (χ2v) is 4.11. The van der Waals surface area contributed by atoms with Crippen molar-refractivity contribution in [2.24, 2.45) is 0 Å². The number of rotatable bonds is 2. The third-order valence-electron chi connectivity index (χ3n) is 2.48. The van der Waals surface area contributed by atoms with Crippen LogP contribution in [0.15, 0.2) is 24.4 Å². The number of hydrogen-bond donors (Lipinski definition) is 3. The molecule has 0 radical (unpaired) electrons. The molecule has 2 aromatic rings. The fraction of sp³-hybridized carbons (Fsp3) is 0.250. The molecule has 0 aliphatic rings. The maximum Gasteiger partial charge on any atom is 0.138 e. The quantitative estimate of drug-likeness (QED) is 0.534. The Labute approximate surface area is 94.1 Å². The molecule has 0 spiro atoms. The topological polar surface area (TPSA) is 74.9 Å². The highest BCUT2D eigenvalue weighted by atomic mass is 16.3. The SMILES string of the molecule is CC(C)c1ncc(-c2ccc(O)c(N)c2)[nH]1. The molecule has 0 saturated heterocycles. The molecule has 0 amide bonds. The molecule has 4 nitrogen and oxygen atoms in total. The zero-order valence-electron chi connectivity index (χ0n) is 9.36. The maximum absolute atomic E-state index is 9.33. The first-order valence-corrected chi connectivity index (χ1v) is 5.21. The summed E-state index contributed by atoms with van der Waals surface area (Å²) >= 11 is 0. The second-order valence-electron chi connectivity index (χ2n) is 4.11. The minimum Gasteiger partial charge on any atom is -0.506 e. The van der Waals surface area contributed by atoms with Crippen molar-refractivity contribution in [1.29, 1.82) is 0 Å². The molecule has 0 aliphatic heterocycles. The lowest BCUT2D eigenvalue weighted by atomic mass is 10.1. The number of aromatic amines is 1. The Bertz CT molecular complexity index is 503. The van der Waals surface area contributed by atoms with Gasteiger partial charge in [-0.05, 0) is 18.2 Å². The van der Waals surface area contributed by atoms with Gasteiger partial charge >= 0.3 is 0 Å². The molecular weight excluding hydrogens is 202 g/mol. The van der Waals surface area contributed by atoms with Crippen LogP contribution in [-0.2, 0) is 0 Å². The van der Waals surface area contributed by atoms with E-state index in [9.17, 15) is 5.11 Å². The third-order valence-corrected chi connectivity index (χ3v) is 2.48. The molecule has 4 N–H and O–H groups in total. The largest absolute Gasteiger partial charge is 0.506 e. The van der Waals surface area contributed by atoms with Crippen LogP contribution in [0.5, 0.6) is 5.75 Å². The van der Waals surface area contributed by atoms with Crippen molar-refractivity contribution in [3.8, 4) is 17.0 Å². The first-order valence-electron chi connectivity index (χ1n) is 5.21. The van der Waals surface area contributed by atoms with E-state index in [4.69, 9.17) is 5.73 Å². The summed E-state index contributed by atoms with van der Waals surface area (Å²) in [5.41, 5.74) is 7.85. The zero-order chi connectivity index (χ0) is 11.7. The fourth-order valence-electron chi connectivity index (χ4n) is 1.50. The highest BCUT2D eigenvalue weighted by molar-refractivity contribution is 5.67. The lowest BCUT2D eigenvalue weighted by Gasteiger charge is -2.02. The van der Waals surface area contributed by atoms with Crippen molar-refractivity contribution < 1.29 is 5.11 Å². The molecule has 0 atom stereocenters. The number of aromatic hydroxyl groups is 1. The van der Waals surface area contributed by atoms with Crippen LogP contribution in [0.2, 0.25) is 0 Å². The van der Waals surface area contributed by atoms with Gasteiger partial charge < -0.3 is 15.8 Å². The number of H-pyrrole nitrogens is 1. The van der Waals surface area contributed by atoms with E-state index in [0.717, 1.165) is 17.1 Å². The van der Waals surface area contributed by atoms with Crippen molar-refractivity contribution in [2.45, 2.75) is 19.8 Å². The van der Waals surface area contributed by atoms with Crippen LogP contribution < -0.4 is 5.73 Å². The molecular formula is C12H15N3O. The summed E-state index contributed by atoms with van der Waals surface area (Å²) in [6, 6.07) is 5.12. The van der Waals surface area contributed by atoms with Crippen molar-refractivity contribution in [3.63, 3.8) is 0 Å². The minimum absolute atomic E-state index is 0.104. The van der Waals surface area contributed by atoms with Crippen LogP contribution in [0.1, 0.15) is 25.6 Å². The molecule has 2 rings (SSSR count). The van der Waals surface area contributed by atoms with E-state index >= 15 is 0 Å². The van der Waals surface area contributed by atoms with Gasteiger partial charge in [-0.1, -0.05) is 13.8 Å². The average Bonchev–Trinajstić information content (AvgIpc) is 2.71. The van der Waals surface area contributed by atoms with Gasteiger partial charge in [-0.15, -0.1) is 0 Å². The summed E-state index contributed by atoms with van der Waals surface area (Å²) in [6.45, 7) is 4.15. The first-order chi connectivity index (χ1) is 7.58. The van der Waals surface area contributed by atoms with Crippen molar-refractivity contribution in [2.75, 3.05) is 5.73 Å². The smallest absolute Gasteiger partial charge is 0.138 e. The highest BCUT2D eigenvalue weighted by Gasteiger charge is 2.07. The van der Waals surface area contributed by atoms with E-state index in [1.165, 1.54) is 0 Å². The van der Waals surface area contributed by atoms with Crippen LogP contribution in [0.4, 0.5) is 5.69 Å². The maximum atomic E-state index is 9.33. The molecule has 84 valence electrons. The number of phenolic OH excluding ortho intramolecular Hbond substituents is 1.